The number of imidazole rings is 1. The van der Waals surface area contributed by atoms with Crippen LogP contribution in [0, 0.1) is 11.7 Å². The maximum Gasteiger partial charge on any atom is 0.227 e. The summed E-state index contributed by atoms with van der Waals surface area (Å²) in [7, 11) is 0. The molecule has 1 aromatic carbocycles. The van der Waals surface area contributed by atoms with E-state index in [-0.39, 0.29) is 30.0 Å². The number of H-pyrrole nitrogens is 1. The first kappa shape index (κ1) is 21.6. The Labute approximate surface area is 192 Å². The predicted molar refractivity (Wildman–Crippen MR) is 122 cm³/mol. The minimum Gasteiger partial charge on any atom is -0.342 e. The Kier molecular flexibility index (Phi) is 6.07. The summed E-state index contributed by atoms with van der Waals surface area (Å²) >= 11 is 0. The number of amides is 2. The molecule has 0 saturated carbocycles. The summed E-state index contributed by atoms with van der Waals surface area (Å²) in [5.74, 6) is 0.934. The number of carbonyl (C=O) groups excluding carboxylic acids is 2. The number of likely N-dealkylation sites (tertiary alicyclic amines) is 2. The molecule has 3 aromatic rings. The van der Waals surface area contributed by atoms with Gasteiger partial charge in [-0.3, -0.25) is 9.59 Å². The van der Waals surface area contributed by atoms with E-state index in [0.29, 0.717) is 32.1 Å². The number of aromatic nitrogens is 3. The number of hydrogen-bond acceptors (Lipinski definition) is 4. The molecule has 172 valence electrons. The summed E-state index contributed by atoms with van der Waals surface area (Å²) in [5, 5.41) is 0. The second-order valence-electron chi connectivity index (χ2n) is 9.08. The topological polar surface area (TPSA) is 82.2 Å². The average Bonchev–Trinajstić information content (AvgIpc) is 3.29. The molecule has 2 amide bonds. The van der Waals surface area contributed by atoms with Gasteiger partial charge < -0.3 is 14.8 Å². The van der Waals surface area contributed by atoms with Crippen LogP contribution in [0.2, 0.25) is 0 Å². The van der Waals surface area contributed by atoms with Gasteiger partial charge in [0.1, 0.15) is 11.6 Å². The molecule has 0 spiro atoms. The third-order valence-electron chi connectivity index (χ3n) is 6.86. The molecule has 1 unspecified atom stereocenters. The zero-order valence-corrected chi connectivity index (χ0v) is 18.5. The van der Waals surface area contributed by atoms with Crippen LogP contribution >= 0.6 is 0 Å². The molecule has 0 bridgehead atoms. The Morgan fingerprint density at radius 3 is 2.58 bits per heavy atom. The fourth-order valence-electron chi connectivity index (χ4n) is 4.98. The number of carbonyl (C=O) groups is 2. The monoisotopic (exact) mass is 449 g/mol. The fourth-order valence-corrected chi connectivity index (χ4v) is 4.98. The Morgan fingerprint density at radius 2 is 1.82 bits per heavy atom. The Bertz CT molecular complexity index is 1100. The van der Waals surface area contributed by atoms with Crippen LogP contribution < -0.4 is 0 Å². The van der Waals surface area contributed by atoms with Gasteiger partial charge in [-0.25, -0.2) is 14.4 Å². The van der Waals surface area contributed by atoms with E-state index in [0.717, 1.165) is 48.2 Å². The summed E-state index contributed by atoms with van der Waals surface area (Å²) in [4.78, 5) is 42.0. The van der Waals surface area contributed by atoms with Gasteiger partial charge in [0.2, 0.25) is 11.8 Å². The molecular weight excluding hydrogens is 421 g/mol. The molecule has 2 saturated heterocycles. The van der Waals surface area contributed by atoms with Crippen LogP contribution in [-0.2, 0) is 16.0 Å². The fraction of sp³-hybridized carbons (Fsp3) is 0.440. The lowest BCUT2D eigenvalue weighted by atomic mass is 9.92. The van der Waals surface area contributed by atoms with Crippen molar-refractivity contribution in [2.75, 3.05) is 26.2 Å². The highest BCUT2D eigenvalue weighted by molar-refractivity contribution is 5.82. The first-order valence-electron chi connectivity index (χ1n) is 11.7. The molecule has 5 rings (SSSR count). The highest BCUT2D eigenvalue weighted by Gasteiger charge is 2.33. The largest absolute Gasteiger partial charge is 0.342 e. The summed E-state index contributed by atoms with van der Waals surface area (Å²) in [6.07, 6.45) is 5.35. The van der Waals surface area contributed by atoms with Crippen LogP contribution in [0.3, 0.4) is 0 Å². The highest BCUT2D eigenvalue weighted by atomic mass is 19.1. The van der Waals surface area contributed by atoms with Crippen molar-refractivity contribution in [1.82, 2.24) is 24.8 Å². The van der Waals surface area contributed by atoms with Crippen LogP contribution in [0.4, 0.5) is 4.39 Å². The minimum absolute atomic E-state index is 0.00342. The number of nitrogens with zero attached hydrogens (tertiary/aromatic N) is 4. The van der Waals surface area contributed by atoms with Gasteiger partial charge in [0, 0.05) is 38.3 Å². The number of rotatable bonds is 4. The van der Waals surface area contributed by atoms with Crippen LogP contribution in [0.25, 0.3) is 11.2 Å². The molecule has 33 heavy (non-hydrogen) atoms. The number of halogens is 1. The first-order chi connectivity index (χ1) is 16.1. The quantitative estimate of drug-likeness (QED) is 0.663. The van der Waals surface area contributed by atoms with Crippen molar-refractivity contribution in [1.29, 1.82) is 0 Å². The van der Waals surface area contributed by atoms with E-state index in [1.807, 2.05) is 17.0 Å². The third-order valence-corrected chi connectivity index (χ3v) is 6.86. The van der Waals surface area contributed by atoms with Crippen molar-refractivity contribution >= 4 is 23.0 Å². The zero-order chi connectivity index (χ0) is 22.8. The van der Waals surface area contributed by atoms with Gasteiger partial charge in [0.15, 0.2) is 5.65 Å². The van der Waals surface area contributed by atoms with Gasteiger partial charge in [-0.1, -0.05) is 12.1 Å². The van der Waals surface area contributed by atoms with E-state index >= 15 is 0 Å². The van der Waals surface area contributed by atoms with E-state index < -0.39 is 0 Å². The molecular formula is C25H28FN5O2. The summed E-state index contributed by atoms with van der Waals surface area (Å²) in [6, 6.07) is 9.89. The number of aromatic amines is 1. The van der Waals surface area contributed by atoms with E-state index in [9.17, 15) is 14.0 Å². The number of benzene rings is 1. The van der Waals surface area contributed by atoms with E-state index in [1.165, 1.54) is 12.1 Å². The van der Waals surface area contributed by atoms with Crippen molar-refractivity contribution in [2.45, 2.75) is 38.0 Å². The maximum absolute atomic E-state index is 13.2. The van der Waals surface area contributed by atoms with Crippen molar-refractivity contribution in [3.63, 3.8) is 0 Å². The van der Waals surface area contributed by atoms with Crippen LogP contribution in [0.15, 0.2) is 42.6 Å². The summed E-state index contributed by atoms with van der Waals surface area (Å²) in [5.41, 5.74) is 2.47. The molecule has 1 atom stereocenters. The number of nitrogens with one attached hydrogen (secondary N) is 1. The smallest absolute Gasteiger partial charge is 0.227 e. The van der Waals surface area contributed by atoms with Gasteiger partial charge in [-0.2, -0.15) is 0 Å². The summed E-state index contributed by atoms with van der Waals surface area (Å²) < 4.78 is 13.1. The van der Waals surface area contributed by atoms with Gasteiger partial charge in [-0.15, -0.1) is 0 Å². The molecule has 0 aliphatic carbocycles. The van der Waals surface area contributed by atoms with Crippen LogP contribution in [-0.4, -0.2) is 62.7 Å². The molecule has 0 radical (unpaired) electrons. The lowest BCUT2D eigenvalue weighted by Gasteiger charge is -2.37. The maximum atomic E-state index is 13.2. The Morgan fingerprint density at radius 1 is 1.03 bits per heavy atom. The summed E-state index contributed by atoms with van der Waals surface area (Å²) in [6.45, 7) is 2.54. The van der Waals surface area contributed by atoms with E-state index in [2.05, 4.69) is 15.0 Å². The van der Waals surface area contributed by atoms with Crippen molar-refractivity contribution < 1.29 is 14.0 Å². The standard InChI is InChI=1S/C25H28FN5O2/c26-20-7-5-17(6-8-20)15-22(32)31-12-2-3-19(16-31)25(33)30-13-9-18(10-14-30)23-28-21-4-1-11-27-24(21)29-23/h1,4-8,11,18-19H,2-3,9-10,12-16H2,(H,27,28,29). The molecule has 7 nitrogen and oxygen atoms in total. The molecule has 1 N–H and O–H groups in total. The second kappa shape index (κ2) is 9.29. The van der Waals surface area contributed by atoms with E-state index in [4.69, 9.17) is 0 Å². The second-order valence-corrected chi connectivity index (χ2v) is 9.08. The molecule has 2 aromatic heterocycles. The number of pyridine rings is 1. The van der Waals surface area contributed by atoms with Gasteiger partial charge in [0.05, 0.1) is 17.9 Å². The average molecular weight is 450 g/mol. The van der Waals surface area contributed by atoms with Crippen LogP contribution in [0.1, 0.15) is 43.0 Å². The number of fused-ring (bicyclic) bond motifs is 1. The van der Waals surface area contributed by atoms with Crippen LogP contribution in [0.5, 0.6) is 0 Å². The molecule has 2 aliphatic rings. The number of piperidine rings is 2. The zero-order valence-electron chi connectivity index (χ0n) is 18.5. The van der Waals surface area contributed by atoms with E-state index in [1.54, 1.807) is 23.2 Å². The highest BCUT2D eigenvalue weighted by Crippen LogP contribution is 2.29. The predicted octanol–water partition coefficient (Wildman–Crippen LogP) is 3.28. The SMILES string of the molecule is O=C(Cc1ccc(F)cc1)N1CCCC(C(=O)N2CCC(c3nc4ncccc4[nH]3)CC2)C1. The normalized spacial score (nSPS) is 19.7. The third kappa shape index (κ3) is 4.74. The Balaban J connectivity index is 1.16. The van der Waals surface area contributed by atoms with Gasteiger partial charge >= 0.3 is 0 Å². The number of hydrogen-bond donors (Lipinski definition) is 1. The van der Waals surface area contributed by atoms with Gasteiger partial charge in [-0.05, 0) is 55.5 Å². The van der Waals surface area contributed by atoms with Gasteiger partial charge in [0.25, 0.3) is 0 Å². The minimum atomic E-state index is -0.310. The van der Waals surface area contributed by atoms with Crippen molar-refractivity contribution in [3.05, 3.63) is 59.8 Å². The molecule has 2 fully saturated rings. The first-order valence-corrected chi connectivity index (χ1v) is 11.7. The Hall–Kier alpha value is -3.29. The lowest BCUT2D eigenvalue weighted by Crippen LogP contribution is -2.48. The van der Waals surface area contributed by atoms with Crippen molar-refractivity contribution in [2.24, 2.45) is 5.92 Å². The molecule has 4 heterocycles. The molecule has 8 heteroatoms. The molecule has 2 aliphatic heterocycles. The lowest BCUT2D eigenvalue weighted by molar-refractivity contribution is -0.141. The van der Waals surface area contributed by atoms with Crippen molar-refractivity contribution in [3.8, 4) is 0 Å².